The van der Waals surface area contributed by atoms with E-state index in [-0.39, 0.29) is 18.0 Å². The number of carbonyl (C=O) groups is 1. The van der Waals surface area contributed by atoms with E-state index >= 15 is 0 Å². The molecule has 1 unspecified atom stereocenters. The van der Waals surface area contributed by atoms with Crippen molar-refractivity contribution in [3.63, 3.8) is 0 Å². The number of halogens is 2. The molecule has 2 saturated heterocycles. The lowest BCUT2D eigenvalue weighted by molar-refractivity contribution is -0.117. The number of carbonyl (C=O) groups excluding carboxylic acids is 1. The Morgan fingerprint density at radius 1 is 1.00 bits per heavy atom. The molecule has 0 radical (unpaired) electrons. The summed E-state index contributed by atoms with van der Waals surface area (Å²) in [6.07, 6.45) is 4.10. The minimum Gasteiger partial charge on any atom is -0.387 e. The molecule has 4 atom stereocenters. The van der Waals surface area contributed by atoms with E-state index in [2.05, 4.69) is 27.7 Å². The van der Waals surface area contributed by atoms with E-state index in [0.717, 1.165) is 55.6 Å². The highest BCUT2D eigenvalue weighted by atomic mass is 35.5. The van der Waals surface area contributed by atoms with Gasteiger partial charge in [-0.05, 0) is 73.6 Å². The number of aliphatic hydroxyl groups is 1. The second-order valence-electron chi connectivity index (χ2n) is 9.77. The monoisotopic (exact) mass is 523 g/mol. The van der Waals surface area contributed by atoms with E-state index in [1.165, 1.54) is 5.56 Å². The maximum Gasteiger partial charge on any atom is 0.247 e. The molecule has 1 amide bonds. The lowest BCUT2D eigenvalue weighted by Crippen LogP contribution is -2.39. The second kappa shape index (κ2) is 11.2. The Hall–Kier alpha value is -2.57. The summed E-state index contributed by atoms with van der Waals surface area (Å²) in [5, 5.41) is 18.5. The van der Waals surface area contributed by atoms with Crippen molar-refractivity contribution < 1.29 is 9.90 Å². The van der Waals surface area contributed by atoms with Gasteiger partial charge in [0.25, 0.3) is 0 Å². The maximum atomic E-state index is 13.1. The van der Waals surface area contributed by atoms with Crippen LogP contribution in [0.15, 0.2) is 72.8 Å². The topological polar surface area (TPSA) is 64.6 Å². The lowest BCUT2D eigenvalue weighted by atomic mass is 10.0. The summed E-state index contributed by atoms with van der Waals surface area (Å²) in [6.45, 7) is 0.794. The van der Waals surface area contributed by atoms with Crippen molar-refractivity contribution in [1.29, 1.82) is 0 Å². The van der Waals surface area contributed by atoms with Crippen LogP contribution in [-0.4, -0.2) is 35.7 Å². The van der Waals surface area contributed by atoms with Crippen molar-refractivity contribution in [3.8, 4) is 0 Å². The Morgan fingerprint density at radius 3 is 2.44 bits per heavy atom. The summed E-state index contributed by atoms with van der Waals surface area (Å²) in [5.41, 5.74) is 3.82. The Kier molecular flexibility index (Phi) is 7.82. The molecular formula is C29H31Cl2N3O2. The molecule has 0 saturated carbocycles. The molecule has 0 aliphatic carbocycles. The van der Waals surface area contributed by atoms with Gasteiger partial charge in [-0.3, -0.25) is 4.79 Å². The number of hydrogen-bond donors (Lipinski definition) is 3. The molecule has 3 aromatic carbocycles. The van der Waals surface area contributed by atoms with Crippen molar-refractivity contribution >= 4 is 40.5 Å². The van der Waals surface area contributed by atoms with Crippen molar-refractivity contribution in [2.75, 3.05) is 16.8 Å². The third-order valence-corrected chi connectivity index (χ3v) is 7.67. The number of rotatable bonds is 7. The number of amides is 1. The minimum absolute atomic E-state index is 0.0217. The summed E-state index contributed by atoms with van der Waals surface area (Å²) in [6, 6.07) is 23.5. The van der Waals surface area contributed by atoms with Crippen molar-refractivity contribution in [2.45, 2.75) is 56.3 Å². The van der Waals surface area contributed by atoms with E-state index in [9.17, 15) is 9.90 Å². The summed E-state index contributed by atoms with van der Waals surface area (Å²) < 4.78 is 0. The Labute approximate surface area is 222 Å². The van der Waals surface area contributed by atoms with E-state index in [4.69, 9.17) is 23.2 Å². The molecule has 5 nitrogen and oxygen atoms in total. The average Bonchev–Trinajstić information content (AvgIpc) is 3.55. The number of benzene rings is 3. The van der Waals surface area contributed by atoms with Gasteiger partial charge in [0.2, 0.25) is 5.91 Å². The van der Waals surface area contributed by atoms with Gasteiger partial charge in [-0.25, -0.2) is 0 Å². The highest BCUT2D eigenvalue weighted by Gasteiger charge is 2.32. The van der Waals surface area contributed by atoms with Crippen LogP contribution in [0, 0.1) is 0 Å². The van der Waals surface area contributed by atoms with Crippen LogP contribution < -0.4 is 15.5 Å². The van der Waals surface area contributed by atoms with E-state index in [1.54, 1.807) is 6.07 Å². The van der Waals surface area contributed by atoms with E-state index in [1.807, 2.05) is 54.6 Å². The van der Waals surface area contributed by atoms with Gasteiger partial charge in [-0.1, -0.05) is 65.7 Å². The van der Waals surface area contributed by atoms with Crippen LogP contribution in [0.5, 0.6) is 0 Å². The molecule has 188 valence electrons. The third kappa shape index (κ3) is 5.87. The summed E-state index contributed by atoms with van der Waals surface area (Å²) >= 11 is 12.4. The van der Waals surface area contributed by atoms with Gasteiger partial charge in [-0.15, -0.1) is 0 Å². The van der Waals surface area contributed by atoms with E-state index < -0.39 is 6.10 Å². The highest BCUT2D eigenvalue weighted by molar-refractivity contribution is 6.35. The Morgan fingerprint density at radius 2 is 1.72 bits per heavy atom. The molecular weight excluding hydrogens is 493 g/mol. The van der Waals surface area contributed by atoms with Crippen LogP contribution in [0.2, 0.25) is 10.0 Å². The standard InChI is InChI=1S/C29H31Cl2N3O2/c30-21-16-22(31)18-25(17-21)34-14-4-7-27(34)29(36)33-23-10-8-19(9-11-23)15-24-12-13-26(32-24)28(35)20-5-2-1-3-6-20/h1-3,5-6,8-11,16-18,24,26-28,32,35H,4,7,12-15H2,(H,33,36)/t24-,26+,27?,28+/m0/s1. The molecule has 2 fully saturated rings. The minimum atomic E-state index is -0.494. The molecule has 3 N–H and O–H groups in total. The number of aliphatic hydroxyl groups excluding tert-OH is 1. The number of anilines is 2. The zero-order valence-corrected chi connectivity index (χ0v) is 21.6. The smallest absolute Gasteiger partial charge is 0.247 e. The van der Waals surface area contributed by atoms with Crippen LogP contribution in [-0.2, 0) is 11.2 Å². The Balaban J connectivity index is 1.16. The first-order valence-electron chi connectivity index (χ1n) is 12.6. The largest absolute Gasteiger partial charge is 0.387 e. The molecule has 2 aliphatic heterocycles. The highest BCUT2D eigenvalue weighted by Crippen LogP contribution is 2.31. The maximum absolute atomic E-state index is 13.1. The molecule has 3 aromatic rings. The fourth-order valence-electron chi connectivity index (χ4n) is 5.43. The van der Waals surface area contributed by atoms with Crippen molar-refractivity contribution in [1.82, 2.24) is 5.32 Å². The molecule has 36 heavy (non-hydrogen) atoms. The average molecular weight is 524 g/mol. The van der Waals surface area contributed by atoms with Crippen LogP contribution in [0.4, 0.5) is 11.4 Å². The fourth-order valence-corrected chi connectivity index (χ4v) is 5.94. The summed E-state index contributed by atoms with van der Waals surface area (Å²) in [4.78, 5) is 15.2. The van der Waals surface area contributed by atoms with Gasteiger partial charge in [0.05, 0.1) is 6.10 Å². The molecule has 2 aliphatic rings. The van der Waals surface area contributed by atoms with Gasteiger partial charge < -0.3 is 20.6 Å². The molecule has 0 bridgehead atoms. The van der Waals surface area contributed by atoms with Gasteiger partial charge >= 0.3 is 0 Å². The number of nitrogens with one attached hydrogen (secondary N) is 2. The van der Waals surface area contributed by atoms with Crippen LogP contribution in [0.1, 0.15) is 42.9 Å². The van der Waals surface area contributed by atoms with Gasteiger partial charge in [-0.2, -0.15) is 0 Å². The molecule has 0 aromatic heterocycles. The quantitative estimate of drug-likeness (QED) is 0.355. The molecule has 2 heterocycles. The first-order valence-corrected chi connectivity index (χ1v) is 13.3. The fraction of sp³-hybridized carbons (Fsp3) is 0.345. The zero-order valence-electron chi connectivity index (χ0n) is 20.0. The summed E-state index contributed by atoms with van der Waals surface area (Å²) in [5.74, 6) is -0.0217. The number of nitrogens with zero attached hydrogens (tertiary/aromatic N) is 1. The molecule has 0 spiro atoms. The molecule has 5 rings (SSSR count). The SMILES string of the molecule is O=C(Nc1ccc(C[C@@H]2CC[C@H]([C@H](O)c3ccccc3)N2)cc1)C1CCCN1c1cc(Cl)cc(Cl)c1. The van der Waals surface area contributed by atoms with Crippen molar-refractivity contribution in [3.05, 3.63) is 94.0 Å². The van der Waals surface area contributed by atoms with Crippen molar-refractivity contribution in [2.24, 2.45) is 0 Å². The number of hydrogen-bond acceptors (Lipinski definition) is 4. The predicted octanol–water partition coefficient (Wildman–Crippen LogP) is 6.00. The zero-order chi connectivity index (χ0) is 25.1. The first-order chi connectivity index (χ1) is 17.5. The Bertz CT molecular complexity index is 1170. The second-order valence-corrected chi connectivity index (χ2v) is 10.6. The van der Waals surface area contributed by atoms with Crippen LogP contribution in [0.25, 0.3) is 0 Å². The van der Waals surface area contributed by atoms with Gasteiger partial charge in [0, 0.05) is 40.0 Å². The van der Waals surface area contributed by atoms with Gasteiger partial charge in [0.15, 0.2) is 0 Å². The third-order valence-electron chi connectivity index (χ3n) is 7.24. The van der Waals surface area contributed by atoms with E-state index in [0.29, 0.717) is 16.1 Å². The predicted molar refractivity (Wildman–Crippen MR) is 147 cm³/mol. The normalized spacial score (nSPS) is 22.5. The molecule has 7 heteroatoms. The van der Waals surface area contributed by atoms with Crippen LogP contribution >= 0.6 is 23.2 Å². The first kappa shape index (κ1) is 25.1. The van der Waals surface area contributed by atoms with Gasteiger partial charge in [0.1, 0.15) is 6.04 Å². The lowest BCUT2D eigenvalue weighted by Gasteiger charge is -2.26. The van der Waals surface area contributed by atoms with Crippen LogP contribution in [0.3, 0.4) is 0 Å². The summed E-state index contributed by atoms with van der Waals surface area (Å²) in [7, 11) is 0.